The van der Waals surface area contributed by atoms with Gasteiger partial charge in [-0.1, -0.05) is 0 Å². The molecule has 0 bridgehead atoms. The number of nitrogens with one attached hydrogen (secondary N) is 1. The number of aromatic nitrogens is 2. The van der Waals surface area contributed by atoms with Crippen LogP contribution in [0.5, 0.6) is 11.5 Å². The molecule has 3 N–H and O–H groups in total. The van der Waals surface area contributed by atoms with Crippen molar-refractivity contribution in [2.45, 2.75) is 4.90 Å². The van der Waals surface area contributed by atoms with Gasteiger partial charge in [-0.05, 0) is 58.4 Å². The zero-order chi connectivity index (χ0) is 20.5. The van der Waals surface area contributed by atoms with Gasteiger partial charge in [0, 0.05) is 13.2 Å². The monoisotopic (exact) mass is 468 g/mol. The molecule has 1 heterocycles. The van der Waals surface area contributed by atoms with Crippen LogP contribution in [0.25, 0.3) is 0 Å². The molecule has 0 atom stereocenters. The predicted octanol–water partition coefficient (Wildman–Crippen LogP) is 3.01. The number of ether oxygens (including phenoxy) is 1. The minimum Gasteiger partial charge on any atom is -0.456 e. The molecule has 0 aliphatic rings. The highest BCUT2D eigenvalue weighted by Gasteiger charge is 2.21. The molecule has 3 rings (SSSR count). The Kier molecular flexibility index (Phi) is 5.38. The molecular weight excluding hydrogens is 455 g/mol. The largest absolute Gasteiger partial charge is 0.456 e. The zero-order valence-corrected chi connectivity index (χ0v) is 16.8. The molecular formula is C17H14BrFN4O4S. The third-order valence-electron chi connectivity index (χ3n) is 3.56. The lowest BCUT2D eigenvalue weighted by atomic mass is 10.3. The number of aryl methyl sites for hydroxylation is 1. The lowest BCUT2D eigenvalue weighted by Crippen LogP contribution is -2.18. The van der Waals surface area contributed by atoms with Crippen LogP contribution in [0.4, 0.5) is 10.1 Å². The molecule has 8 nitrogen and oxygen atoms in total. The van der Waals surface area contributed by atoms with Crippen LogP contribution in [0.1, 0.15) is 10.5 Å². The highest BCUT2D eigenvalue weighted by atomic mass is 79.9. The van der Waals surface area contributed by atoms with E-state index in [1.807, 2.05) is 0 Å². The molecule has 1 aromatic heterocycles. The van der Waals surface area contributed by atoms with Crippen LogP contribution in [-0.4, -0.2) is 24.1 Å². The molecule has 0 radical (unpaired) electrons. The molecule has 0 spiro atoms. The summed E-state index contributed by atoms with van der Waals surface area (Å²) in [5.74, 6) is -0.533. The van der Waals surface area contributed by atoms with Crippen LogP contribution in [0.15, 0.2) is 58.0 Å². The number of nitrogens with zero attached hydrogens (tertiary/aromatic N) is 2. The number of hydrogen-bond acceptors (Lipinski definition) is 5. The molecule has 0 fully saturated rings. The van der Waals surface area contributed by atoms with Gasteiger partial charge in [0.25, 0.3) is 15.9 Å². The standard InChI is InChI=1S/C17H14BrFN4O4S/c1-23-9-14(16(21-23)17(20)24)22-28(25,26)12-6-7-15(13(18)8-12)27-11-4-2-10(19)3-5-11/h2-9,22H,1H3,(H2,20,24). The molecule has 0 aliphatic heterocycles. The van der Waals surface area contributed by atoms with Gasteiger partial charge in [-0.25, -0.2) is 12.8 Å². The zero-order valence-electron chi connectivity index (χ0n) is 14.4. The van der Waals surface area contributed by atoms with Gasteiger partial charge in [0.1, 0.15) is 17.3 Å². The number of amides is 1. The van der Waals surface area contributed by atoms with Gasteiger partial charge in [0.15, 0.2) is 5.69 Å². The molecule has 0 unspecified atom stereocenters. The van der Waals surface area contributed by atoms with Crippen LogP contribution in [-0.2, 0) is 17.1 Å². The van der Waals surface area contributed by atoms with E-state index in [-0.39, 0.29) is 16.3 Å². The van der Waals surface area contributed by atoms with E-state index in [1.54, 1.807) is 0 Å². The summed E-state index contributed by atoms with van der Waals surface area (Å²) >= 11 is 3.26. The van der Waals surface area contributed by atoms with Crippen molar-refractivity contribution in [2.24, 2.45) is 12.8 Å². The lowest BCUT2D eigenvalue weighted by Gasteiger charge is -2.11. The Bertz CT molecular complexity index is 1150. The van der Waals surface area contributed by atoms with Crippen LogP contribution >= 0.6 is 15.9 Å². The Morgan fingerprint density at radius 3 is 2.54 bits per heavy atom. The van der Waals surface area contributed by atoms with Crippen LogP contribution in [0.2, 0.25) is 0 Å². The maximum Gasteiger partial charge on any atom is 0.271 e. The summed E-state index contributed by atoms with van der Waals surface area (Å²) in [5, 5.41) is 3.83. The Morgan fingerprint density at radius 1 is 1.25 bits per heavy atom. The first kappa shape index (κ1) is 19.8. The summed E-state index contributed by atoms with van der Waals surface area (Å²) in [6, 6.07) is 9.49. The fraction of sp³-hybridized carbons (Fsp3) is 0.0588. The molecule has 146 valence electrons. The number of primary amides is 1. The van der Waals surface area contributed by atoms with Gasteiger partial charge in [-0.2, -0.15) is 5.10 Å². The predicted molar refractivity (Wildman–Crippen MR) is 103 cm³/mol. The quantitative estimate of drug-likeness (QED) is 0.576. The third kappa shape index (κ3) is 4.31. The Labute approximate surface area is 168 Å². The van der Waals surface area contributed by atoms with Crippen LogP contribution in [0, 0.1) is 5.82 Å². The summed E-state index contributed by atoms with van der Waals surface area (Å²) in [6.45, 7) is 0. The van der Waals surface area contributed by atoms with Crippen molar-refractivity contribution in [3.8, 4) is 11.5 Å². The van der Waals surface area contributed by atoms with Crippen molar-refractivity contribution >= 4 is 37.5 Å². The highest BCUT2D eigenvalue weighted by Crippen LogP contribution is 2.32. The number of anilines is 1. The lowest BCUT2D eigenvalue weighted by molar-refractivity contribution is 0.0995. The molecule has 28 heavy (non-hydrogen) atoms. The van der Waals surface area contributed by atoms with Gasteiger partial charge in [0.2, 0.25) is 0 Å². The molecule has 0 saturated carbocycles. The van der Waals surface area contributed by atoms with E-state index in [1.165, 1.54) is 60.4 Å². The molecule has 0 saturated heterocycles. The number of halogens is 2. The van der Waals surface area contributed by atoms with Gasteiger partial charge < -0.3 is 10.5 Å². The molecule has 0 aliphatic carbocycles. The third-order valence-corrected chi connectivity index (χ3v) is 5.54. The van der Waals surface area contributed by atoms with E-state index in [0.29, 0.717) is 16.0 Å². The average Bonchev–Trinajstić information content (AvgIpc) is 2.98. The van der Waals surface area contributed by atoms with E-state index in [0.717, 1.165) is 0 Å². The van der Waals surface area contributed by atoms with Crippen LogP contribution < -0.4 is 15.2 Å². The van der Waals surface area contributed by atoms with Crippen molar-refractivity contribution in [2.75, 3.05) is 4.72 Å². The van der Waals surface area contributed by atoms with Crippen molar-refractivity contribution in [3.05, 3.63) is 64.6 Å². The fourth-order valence-corrected chi connectivity index (χ4v) is 4.00. The Morgan fingerprint density at radius 2 is 1.93 bits per heavy atom. The summed E-state index contributed by atoms with van der Waals surface area (Å²) in [6.07, 6.45) is 1.33. The minimum atomic E-state index is -4.02. The van der Waals surface area contributed by atoms with E-state index in [2.05, 4.69) is 25.8 Å². The number of benzene rings is 2. The SMILES string of the molecule is Cn1cc(NS(=O)(=O)c2ccc(Oc3ccc(F)cc3)c(Br)c2)c(C(N)=O)n1. The second-order valence-electron chi connectivity index (χ2n) is 5.68. The molecule has 1 amide bonds. The first-order valence-electron chi connectivity index (χ1n) is 7.75. The van der Waals surface area contributed by atoms with Crippen molar-refractivity contribution in [3.63, 3.8) is 0 Å². The second-order valence-corrected chi connectivity index (χ2v) is 8.22. The van der Waals surface area contributed by atoms with E-state index >= 15 is 0 Å². The first-order valence-corrected chi connectivity index (χ1v) is 10.0. The summed E-state index contributed by atoms with van der Waals surface area (Å²) in [5.41, 5.74) is 4.99. The van der Waals surface area contributed by atoms with Gasteiger partial charge >= 0.3 is 0 Å². The topological polar surface area (TPSA) is 116 Å². The first-order chi connectivity index (χ1) is 13.2. The van der Waals surface area contributed by atoms with E-state index in [4.69, 9.17) is 10.5 Å². The van der Waals surface area contributed by atoms with Crippen molar-refractivity contribution < 1.29 is 22.3 Å². The number of sulfonamides is 1. The minimum absolute atomic E-state index is 0.0299. The van der Waals surface area contributed by atoms with Crippen molar-refractivity contribution in [1.29, 1.82) is 0 Å². The molecule has 2 aromatic carbocycles. The van der Waals surface area contributed by atoms with Gasteiger partial charge in [0.05, 0.1) is 15.1 Å². The second kappa shape index (κ2) is 7.60. The van der Waals surface area contributed by atoms with Crippen LogP contribution in [0.3, 0.4) is 0 Å². The smallest absolute Gasteiger partial charge is 0.271 e. The summed E-state index contributed by atoms with van der Waals surface area (Å²) in [7, 11) is -2.49. The maximum absolute atomic E-state index is 13.0. The highest BCUT2D eigenvalue weighted by molar-refractivity contribution is 9.10. The van der Waals surface area contributed by atoms with Gasteiger partial charge in [-0.3, -0.25) is 14.2 Å². The maximum atomic E-state index is 13.0. The van der Waals surface area contributed by atoms with Gasteiger partial charge in [-0.15, -0.1) is 0 Å². The Balaban J connectivity index is 1.86. The normalized spacial score (nSPS) is 11.2. The number of carbonyl (C=O) groups excluding carboxylic acids is 1. The number of carbonyl (C=O) groups is 1. The number of rotatable bonds is 6. The van der Waals surface area contributed by atoms with E-state index < -0.39 is 21.7 Å². The summed E-state index contributed by atoms with van der Waals surface area (Å²) < 4.78 is 47.8. The Hall–Kier alpha value is -2.92. The molecule has 11 heteroatoms. The molecule has 3 aromatic rings. The summed E-state index contributed by atoms with van der Waals surface area (Å²) in [4.78, 5) is 11.3. The number of nitrogens with two attached hydrogens (primary N) is 1. The average molecular weight is 469 g/mol. The number of hydrogen-bond donors (Lipinski definition) is 2. The fourth-order valence-electron chi connectivity index (χ4n) is 2.31. The van der Waals surface area contributed by atoms with E-state index in [9.17, 15) is 17.6 Å². The van der Waals surface area contributed by atoms with Crippen molar-refractivity contribution in [1.82, 2.24) is 9.78 Å².